The van der Waals surface area contributed by atoms with Crippen LogP contribution in [0.4, 0.5) is 0 Å². The number of hydrogen-bond acceptors (Lipinski definition) is 9. The van der Waals surface area contributed by atoms with E-state index in [0.717, 1.165) is 11.1 Å². The molecular weight excluding hydrogens is 578 g/mol. The third-order valence-corrected chi connectivity index (χ3v) is 6.48. The molecular formula is C35H33NO9. The van der Waals surface area contributed by atoms with E-state index in [4.69, 9.17) is 18.9 Å². The van der Waals surface area contributed by atoms with Crippen molar-refractivity contribution < 1.29 is 43.2 Å². The Kier molecular flexibility index (Phi) is 12.4. The topological polar surface area (TPSA) is 137 Å². The minimum absolute atomic E-state index is 0.0440. The lowest BCUT2D eigenvalue weighted by Crippen LogP contribution is -2.48. The minimum Gasteiger partial charge on any atom is -0.478 e. The summed E-state index contributed by atoms with van der Waals surface area (Å²) in [7, 11) is 0. The van der Waals surface area contributed by atoms with Crippen molar-refractivity contribution in [3.8, 4) is 0 Å². The van der Waals surface area contributed by atoms with Gasteiger partial charge in [-0.05, 0) is 35.4 Å². The van der Waals surface area contributed by atoms with Gasteiger partial charge in [-0.2, -0.15) is 0 Å². The molecule has 0 saturated heterocycles. The average Bonchev–Trinajstić information content (AvgIpc) is 3.07. The van der Waals surface area contributed by atoms with E-state index < -0.39 is 42.2 Å². The number of hydrogen-bond donors (Lipinski definition) is 2. The lowest BCUT2D eigenvalue weighted by molar-refractivity contribution is -0.176. The highest BCUT2D eigenvalue weighted by molar-refractivity contribution is 5.95. The van der Waals surface area contributed by atoms with Crippen LogP contribution in [0.25, 0.3) is 0 Å². The zero-order valence-corrected chi connectivity index (χ0v) is 24.3. The molecule has 232 valence electrons. The highest BCUT2D eigenvalue weighted by Gasteiger charge is 2.43. The number of aliphatic carboxylic acids is 1. The molecule has 0 bridgehead atoms. The molecule has 0 aromatic heterocycles. The number of nitrogens with one attached hydrogen (secondary N) is 1. The number of carbonyl (C=O) groups excluding carboxylic acids is 3. The Labute approximate surface area is 260 Å². The first-order valence-electron chi connectivity index (χ1n) is 14.2. The highest BCUT2D eigenvalue weighted by atomic mass is 16.6. The number of benzene rings is 4. The van der Waals surface area contributed by atoms with Crippen molar-refractivity contribution in [3.63, 3.8) is 0 Å². The normalized spacial score (nSPS) is 12.7. The fourth-order valence-electron chi connectivity index (χ4n) is 4.21. The van der Waals surface area contributed by atoms with Crippen LogP contribution < -0.4 is 5.32 Å². The maximum atomic E-state index is 13.6. The number of carbonyl (C=O) groups is 4. The quantitative estimate of drug-likeness (QED) is 0.138. The predicted molar refractivity (Wildman–Crippen MR) is 163 cm³/mol. The van der Waals surface area contributed by atoms with Crippen molar-refractivity contribution in [3.05, 3.63) is 144 Å². The molecule has 0 saturated carbocycles. The van der Waals surface area contributed by atoms with Gasteiger partial charge in [0.1, 0.15) is 6.10 Å². The summed E-state index contributed by atoms with van der Waals surface area (Å²) >= 11 is 0. The van der Waals surface area contributed by atoms with Crippen LogP contribution in [0.3, 0.4) is 0 Å². The molecule has 0 radical (unpaired) electrons. The standard InChI is InChI=1S/C35H33NO9/c37-32(38)30(44-33(39)27-17-9-3-10-18-27)31(45-34(40)28-19-11-4-12-20-28)35(41)43-29(22-36-21-25-13-5-1-6-14-25)24-42-23-26-15-7-2-8-16-26/h1-20,29-31,36H,21-24H2,(H,37,38)/t29-,30-,31-/m0/s1. The zero-order valence-electron chi connectivity index (χ0n) is 24.3. The molecule has 0 aliphatic carbocycles. The van der Waals surface area contributed by atoms with E-state index in [1.165, 1.54) is 24.3 Å². The monoisotopic (exact) mass is 611 g/mol. The summed E-state index contributed by atoms with van der Waals surface area (Å²) in [4.78, 5) is 51.8. The number of carboxylic acid groups (broad SMARTS) is 1. The van der Waals surface area contributed by atoms with Crippen LogP contribution >= 0.6 is 0 Å². The summed E-state index contributed by atoms with van der Waals surface area (Å²) in [6, 6.07) is 34.2. The smallest absolute Gasteiger partial charge is 0.352 e. The molecule has 0 heterocycles. The largest absolute Gasteiger partial charge is 0.478 e. The van der Waals surface area contributed by atoms with Crippen LogP contribution in [0, 0.1) is 0 Å². The van der Waals surface area contributed by atoms with Crippen LogP contribution in [0.1, 0.15) is 31.8 Å². The Balaban J connectivity index is 1.53. The molecule has 3 atom stereocenters. The van der Waals surface area contributed by atoms with Crippen LogP contribution in [0.15, 0.2) is 121 Å². The Bertz CT molecular complexity index is 1470. The summed E-state index contributed by atoms with van der Waals surface area (Å²) in [6.45, 7) is 0.735. The second-order valence-corrected chi connectivity index (χ2v) is 9.90. The third-order valence-electron chi connectivity index (χ3n) is 6.48. The molecule has 4 aromatic carbocycles. The molecule has 0 amide bonds. The average molecular weight is 612 g/mol. The van der Waals surface area contributed by atoms with Gasteiger partial charge in [0.25, 0.3) is 0 Å². The van der Waals surface area contributed by atoms with Gasteiger partial charge in [0, 0.05) is 13.1 Å². The number of carboxylic acids is 1. The van der Waals surface area contributed by atoms with Gasteiger partial charge >= 0.3 is 23.9 Å². The Hall–Kier alpha value is -5.32. The maximum absolute atomic E-state index is 13.6. The summed E-state index contributed by atoms with van der Waals surface area (Å²) < 4.78 is 22.1. The molecule has 0 aliphatic rings. The third kappa shape index (κ3) is 10.4. The number of rotatable bonds is 16. The van der Waals surface area contributed by atoms with E-state index in [-0.39, 0.29) is 30.9 Å². The van der Waals surface area contributed by atoms with Crippen molar-refractivity contribution in [1.82, 2.24) is 5.32 Å². The Morgan fingerprint density at radius 3 is 1.58 bits per heavy atom. The predicted octanol–water partition coefficient (Wildman–Crippen LogP) is 4.44. The molecule has 4 rings (SSSR count). The van der Waals surface area contributed by atoms with Crippen LogP contribution in [-0.4, -0.2) is 60.4 Å². The van der Waals surface area contributed by atoms with Crippen molar-refractivity contribution in [2.45, 2.75) is 31.5 Å². The summed E-state index contributed by atoms with van der Waals surface area (Å²) in [5.74, 6) is -4.95. The molecule has 45 heavy (non-hydrogen) atoms. The molecule has 0 fully saturated rings. The van der Waals surface area contributed by atoms with Crippen molar-refractivity contribution >= 4 is 23.9 Å². The lowest BCUT2D eigenvalue weighted by Gasteiger charge is -2.26. The van der Waals surface area contributed by atoms with Crippen LogP contribution in [0.5, 0.6) is 0 Å². The fraction of sp³-hybridized carbons (Fsp3) is 0.200. The van der Waals surface area contributed by atoms with E-state index in [2.05, 4.69) is 5.32 Å². The lowest BCUT2D eigenvalue weighted by atomic mass is 10.1. The molecule has 0 aliphatic heterocycles. The second kappa shape index (κ2) is 17.1. The molecule has 0 unspecified atom stereocenters. The van der Waals surface area contributed by atoms with Gasteiger partial charge in [-0.15, -0.1) is 0 Å². The second-order valence-electron chi connectivity index (χ2n) is 9.90. The Morgan fingerprint density at radius 2 is 1.07 bits per heavy atom. The Morgan fingerprint density at radius 1 is 0.600 bits per heavy atom. The van der Waals surface area contributed by atoms with Gasteiger partial charge in [0.2, 0.25) is 12.2 Å². The molecule has 10 heteroatoms. The van der Waals surface area contributed by atoms with Crippen molar-refractivity contribution in [2.24, 2.45) is 0 Å². The first-order valence-corrected chi connectivity index (χ1v) is 14.2. The fourth-order valence-corrected chi connectivity index (χ4v) is 4.21. The SMILES string of the molecule is O=C(O[C@H](C(=O)O)[C@H](OC(=O)c1ccccc1)C(=O)O[C@@H](CNCc1ccccc1)COCc1ccccc1)c1ccccc1. The van der Waals surface area contributed by atoms with Crippen LogP contribution in [0.2, 0.25) is 0 Å². The van der Waals surface area contributed by atoms with E-state index in [9.17, 15) is 24.3 Å². The minimum atomic E-state index is -2.21. The van der Waals surface area contributed by atoms with Gasteiger partial charge in [-0.25, -0.2) is 19.2 Å². The van der Waals surface area contributed by atoms with E-state index in [0.29, 0.717) is 6.54 Å². The van der Waals surface area contributed by atoms with E-state index in [1.54, 1.807) is 36.4 Å². The summed E-state index contributed by atoms with van der Waals surface area (Å²) in [5.41, 5.74) is 1.98. The van der Waals surface area contributed by atoms with Gasteiger partial charge in [0.15, 0.2) is 0 Å². The molecule has 0 spiro atoms. The maximum Gasteiger partial charge on any atom is 0.352 e. The number of ether oxygens (including phenoxy) is 4. The summed E-state index contributed by atoms with van der Waals surface area (Å²) in [6.07, 6.45) is -5.27. The molecule has 2 N–H and O–H groups in total. The van der Waals surface area contributed by atoms with Crippen LogP contribution in [-0.2, 0) is 41.7 Å². The van der Waals surface area contributed by atoms with E-state index >= 15 is 0 Å². The van der Waals surface area contributed by atoms with E-state index in [1.807, 2.05) is 60.7 Å². The molecule has 4 aromatic rings. The van der Waals surface area contributed by atoms with Gasteiger partial charge < -0.3 is 29.4 Å². The van der Waals surface area contributed by atoms with Gasteiger partial charge in [0.05, 0.1) is 24.3 Å². The number of esters is 3. The first kappa shape index (κ1) is 32.6. The van der Waals surface area contributed by atoms with Gasteiger partial charge in [-0.1, -0.05) is 97.1 Å². The highest BCUT2D eigenvalue weighted by Crippen LogP contribution is 2.16. The summed E-state index contributed by atoms with van der Waals surface area (Å²) in [5, 5.41) is 13.2. The molecule has 10 nitrogen and oxygen atoms in total. The zero-order chi connectivity index (χ0) is 31.9. The van der Waals surface area contributed by atoms with Crippen molar-refractivity contribution in [1.29, 1.82) is 0 Å². The first-order chi connectivity index (χ1) is 21.9. The van der Waals surface area contributed by atoms with Gasteiger partial charge in [-0.3, -0.25) is 0 Å². The van der Waals surface area contributed by atoms with Crippen molar-refractivity contribution in [2.75, 3.05) is 13.2 Å².